The van der Waals surface area contributed by atoms with Gasteiger partial charge in [0, 0.05) is 6.54 Å². The second-order valence-electron chi connectivity index (χ2n) is 6.66. The van der Waals surface area contributed by atoms with Crippen LogP contribution < -0.4 is 0 Å². The first kappa shape index (κ1) is 15.7. The van der Waals surface area contributed by atoms with E-state index >= 15 is 0 Å². The maximum atomic E-state index is 12.6. The van der Waals surface area contributed by atoms with Gasteiger partial charge in [-0.3, -0.25) is 19.3 Å². The molecule has 0 bridgehead atoms. The highest BCUT2D eigenvalue weighted by Gasteiger charge is 2.40. The summed E-state index contributed by atoms with van der Waals surface area (Å²) in [4.78, 5) is 40.2. The number of aryl methyl sites for hydroxylation is 1. The van der Waals surface area contributed by atoms with Gasteiger partial charge in [-0.2, -0.15) is 0 Å². The lowest BCUT2D eigenvalue weighted by molar-refractivity contribution is -0.146. The number of rotatable bonds is 2. The number of carbonyl (C=O) groups is 3. The summed E-state index contributed by atoms with van der Waals surface area (Å²) in [7, 11) is 0. The number of benzene rings is 1. The van der Waals surface area contributed by atoms with E-state index in [1.807, 2.05) is 20.8 Å². The minimum atomic E-state index is -0.440. The molecule has 1 aromatic carbocycles. The molecule has 0 spiro atoms. The number of fused-ring (bicyclic) bond motifs is 1. The molecule has 0 atom stereocenters. The first-order valence-corrected chi connectivity index (χ1v) is 7.66. The van der Waals surface area contributed by atoms with E-state index in [9.17, 15) is 14.4 Å². The molecule has 0 aliphatic carbocycles. The Labute approximate surface area is 135 Å². The molecule has 6 nitrogen and oxygen atoms in total. The molecule has 3 rings (SSSR count). The normalized spacial score (nSPS) is 20.0. The average Bonchev–Trinajstić information content (AvgIpc) is 2.71. The quantitative estimate of drug-likeness (QED) is 0.770. The highest BCUT2D eigenvalue weighted by Crippen LogP contribution is 2.25. The van der Waals surface area contributed by atoms with Crippen molar-refractivity contribution in [1.29, 1.82) is 0 Å². The van der Waals surface area contributed by atoms with Crippen LogP contribution >= 0.6 is 0 Å². The van der Waals surface area contributed by atoms with Gasteiger partial charge in [-0.1, -0.05) is 11.6 Å². The molecule has 6 heteroatoms. The predicted molar refractivity (Wildman–Crippen MR) is 83.2 cm³/mol. The predicted octanol–water partition coefficient (Wildman–Crippen LogP) is 1.23. The van der Waals surface area contributed by atoms with Crippen molar-refractivity contribution in [3.05, 3.63) is 34.9 Å². The second-order valence-corrected chi connectivity index (χ2v) is 6.66. The molecule has 1 fully saturated rings. The zero-order chi connectivity index (χ0) is 16.8. The van der Waals surface area contributed by atoms with Crippen molar-refractivity contribution < 1.29 is 19.1 Å². The smallest absolute Gasteiger partial charge is 0.262 e. The van der Waals surface area contributed by atoms with Crippen LogP contribution in [0.2, 0.25) is 0 Å². The Morgan fingerprint density at radius 3 is 2.61 bits per heavy atom. The van der Waals surface area contributed by atoms with Crippen molar-refractivity contribution in [2.75, 3.05) is 26.3 Å². The lowest BCUT2D eigenvalue weighted by Gasteiger charge is -2.42. The standard InChI is InChI=1S/C17H20N2O4/c1-11-4-5-12-13(8-11)16(22)18(15(12)21)9-14(20)19-6-7-23-10-17(19,2)3/h4-5,8H,6-7,9-10H2,1-3H3. The zero-order valence-electron chi connectivity index (χ0n) is 13.6. The molecule has 1 saturated heterocycles. The van der Waals surface area contributed by atoms with E-state index in [2.05, 4.69) is 0 Å². The van der Waals surface area contributed by atoms with Crippen LogP contribution in [0.1, 0.15) is 40.1 Å². The molecule has 2 aliphatic heterocycles. The number of imide groups is 1. The average molecular weight is 316 g/mol. The summed E-state index contributed by atoms with van der Waals surface area (Å²) in [6.07, 6.45) is 0. The van der Waals surface area contributed by atoms with Crippen LogP contribution in [-0.2, 0) is 9.53 Å². The summed E-state index contributed by atoms with van der Waals surface area (Å²) < 4.78 is 5.40. The third-order valence-electron chi connectivity index (χ3n) is 4.37. The number of hydrogen-bond acceptors (Lipinski definition) is 4. The lowest BCUT2D eigenvalue weighted by atomic mass is 10.0. The Balaban J connectivity index is 1.80. The van der Waals surface area contributed by atoms with E-state index in [1.54, 1.807) is 23.1 Å². The van der Waals surface area contributed by atoms with Crippen LogP contribution in [0, 0.1) is 6.92 Å². The van der Waals surface area contributed by atoms with E-state index < -0.39 is 17.4 Å². The fourth-order valence-electron chi connectivity index (χ4n) is 3.09. The molecule has 1 aromatic rings. The maximum Gasteiger partial charge on any atom is 0.262 e. The van der Waals surface area contributed by atoms with E-state index in [0.29, 0.717) is 30.9 Å². The topological polar surface area (TPSA) is 66.9 Å². The van der Waals surface area contributed by atoms with Gasteiger partial charge in [0.1, 0.15) is 6.54 Å². The number of nitrogens with zero attached hydrogens (tertiary/aromatic N) is 2. The molecule has 3 amide bonds. The van der Waals surface area contributed by atoms with Crippen LogP contribution in [0.3, 0.4) is 0 Å². The molecule has 122 valence electrons. The molecular formula is C17H20N2O4. The second kappa shape index (κ2) is 5.45. The Bertz CT molecular complexity index is 696. The fourth-order valence-corrected chi connectivity index (χ4v) is 3.09. The van der Waals surface area contributed by atoms with E-state index in [1.165, 1.54) is 0 Å². The highest BCUT2D eigenvalue weighted by atomic mass is 16.5. The van der Waals surface area contributed by atoms with Crippen molar-refractivity contribution in [2.24, 2.45) is 0 Å². The van der Waals surface area contributed by atoms with Crippen LogP contribution in [0.4, 0.5) is 0 Å². The molecule has 0 N–H and O–H groups in total. The van der Waals surface area contributed by atoms with Crippen molar-refractivity contribution in [3.8, 4) is 0 Å². The van der Waals surface area contributed by atoms with Gasteiger partial charge in [0.05, 0.1) is 29.9 Å². The highest BCUT2D eigenvalue weighted by molar-refractivity contribution is 6.22. The SMILES string of the molecule is Cc1ccc2c(c1)C(=O)N(CC(=O)N1CCOCC1(C)C)C2=O. The molecule has 0 radical (unpaired) electrons. The first-order valence-electron chi connectivity index (χ1n) is 7.66. The Morgan fingerprint density at radius 1 is 1.22 bits per heavy atom. The monoisotopic (exact) mass is 316 g/mol. The first-order chi connectivity index (χ1) is 10.8. The van der Waals surface area contributed by atoms with Crippen molar-refractivity contribution in [1.82, 2.24) is 9.80 Å². The van der Waals surface area contributed by atoms with Crippen LogP contribution in [0.25, 0.3) is 0 Å². The van der Waals surface area contributed by atoms with E-state index in [-0.39, 0.29) is 12.5 Å². The third-order valence-corrected chi connectivity index (χ3v) is 4.37. The molecule has 0 saturated carbocycles. The molecule has 0 aromatic heterocycles. The number of ether oxygens (including phenoxy) is 1. The summed E-state index contributed by atoms with van der Waals surface area (Å²) in [5, 5.41) is 0. The van der Waals surface area contributed by atoms with Crippen LogP contribution in [-0.4, -0.2) is 59.4 Å². The molecular weight excluding hydrogens is 296 g/mol. The number of morpholine rings is 1. The molecule has 2 aliphatic rings. The van der Waals surface area contributed by atoms with Crippen molar-refractivity contribution in [2.45, 2.75) is 26.3 Å². The summed E-state index contributed by atoms with van der Waals surface area (Å²) in [5.41, 5.74) is 1.22. The van der Waals surface area contributed by atoms with Gasteiger partial charge in [-0.05, 0) is 32.9 Å². The number of hydrogen-bond donors (Lipinski definition) is 0. The largest absolute Gasteiger partial charge is 0.377 e. The number of carbonyl (C=O) groups excluding carboxylic acids is 3. The van der Waals surface area contributed by atoms with Gasteiger partial charge >= 0.3 is 0 Å². The van der Waals surface area contributed by atoms with Gasteiger partial charge < -0.3 is 9.64 Å². The number of amides is 3. The van der Waals surface area contributed by atoms with Gasteiger partial charge in [0.15, 0.2) is 0 Å². The lowest BCUT2D eigenvalue weighted by Crippen LogP contribution is -2.58. The summed E-state index contributed by atoms with van der Waals surface area (Å²) >= 11 is 0. The summed E-state index contributed by atoms with van der Waals surface area (Å²) in [6, 6.07) is 5.13. The summed E-state index contributed by atoms with van der Waals surface area (Å²) in [5.74, 6) is -1.03. The Hall–Kier alpha value is -2.21. The van der Waals surface area contributed by atoms with Crippen LogP contribution in [0.15, 0.2) is 18.2 Å². The van der Waals surface area contributed by atoms with Gasteiger partial charge in [-0.25, -0.2) is 0 Å². The van der Waals surface area contributed by atoms with E-state index in [4.69, 9.17) is 4.74 Å². The maximum absolute atomic E-state index is 12.6. The molecule has 2 heterocycles. The summed E-state index contributed by atoms with van der Waals surface area (Å²) in [6.45, 7) is 6.84. The Morgan fingerprint density at radius 2 is 1.91 bits per heavy atom. The zero-order valence-corrected chi connectivity index (χ0v) is 13.6. The van der Waals surface area contributed by atoms with Crippen LogP contribution in [0.5, 0.6) is 0 Å². The van der Waals surface area contributed by atoms with Crippen molar-refractivity contribution in [3.63, 3.8) is 0 Å². The minimum absolute atomic E-state index is 0.227. The van der Waals surface area contributed by atoms with Crippen molar-refractivity contribution >= 4 is 17.7 Å². The van der Waals surface area contributed by atoms with Gasteiger partial charge in [-0.15, -0.1) is 0 Å². The fraction of sp³-hybridized carbons (Fsp3) is 0.471. The van der Waals surface area contributed by atoms with Gasteiger partial charge in [0.2, 0.25) is 5.91 Å². The molecule has 0 unspecified atom stereocenters. The van der Waals surface area contributed by atoms with E-state index in [0.717, 1.165) is 10.5 Å². The van der Waals surface area contributed by atoms with Gasteiger partial charge in [0.25, 0.3) is 11.8 Å². The third kappa shape index (κ3) is 2.63. The molecule has 23 heavy (non-hydrogen) atoms. The minimum Gasteiger partial charge on any atom is -0.377 e. The Kier molecular flexibility index (Phi) is 3.72.